The van der Waals surface area contributed by atoms with Crippen LogP contribution in [0.3, 0.4) is 0 Å². The first-order valence-electron chi connectivity index (χ1n) is 6.85. The fourth-order valence-corrected chi connectivity index (χ4v) is 2.31. The van der Waals surface area contributed by atoms with Crippen molar-refractivity contribution >= 4 is 5.91 Å². The van der Waals surface area contributed by atoms with Crippen LogP contribution in [0.5, 0.6) is 0 Å². The van der Waals surface area contributed by atoms with Gasteiger partial charge in [0.15, 0.2) is 0 Å². The summed E-state index contributed by atoms with van der Waals surface area (Å²) in [6.45, 7) is 5.02. The molecule has 0 saturated carbocycles. The van der Waals surface area contributed by atoms with E-state index in [-0.39, 0.29) is 11.3 Å². The molecule has 5 nitrogen and oxygen atoms in total. The maximum atomic E-state index is 12.0. The molecule has 0 atom stereocenters. The fourth-order valence-electron chi connectivity index (χ4n) is 2.31. The SMILES string of the molecule is CN1CCC(C)(CNC(=O)c2ccc(C#N)cn2)CC1. The summed E-state index contributed by atoms with van der Waals surface area (Å²) in [5, 5.41) is 11.7. The van der Waals surface area contributed by atoms with E-state index in [2.05, 4.69) is 29.2 Å². The van der Waals surface area contributed by atoms with Gasteiger partial charge in [0.05, 0.1) is 5.56 Å². The molecule has 0 aromatic carbocycles. The van der Waals surface area contributed by atoms with E-state index < -0.39 is 0 Å². The largest absolute Gasteiger partial charge is 0.350 e. The van der Waals surface area contributed by atoms with Gasteiger partial charge in [-0.3, -0.25) is 4.79 Å². The third-order valence-electron chi connectivity index (χ3n) is 4.00. The van der Waals surface area contributed by atoms with Gasteiger partial charge < -0.3 is 10.2 Å². The second-order valence-electron chi connectivity index (χ2n) is 5.84. The van der Waals surface area contributed by atoms with Gasteiger partial charge in [0, 0.05) is 12.7 Å². The normalized spacial score (nSPS) is 18.2. The Balaban J connectivity index is 1.90. The third kappa shape index (κ3) is 3.55. The van der Waals surface area contributed by atoms with Gasteiger partial charge in [-0.25, -0.2) is 4.98 Å². The van der Waals surface area contributed by atoms with Gasteiger partial charge in [-0.15, -0.1) is 0 Å². The average Bonchev–Trinajstić information content (AvgIpc) is 2.48. The van der Waals surface area contributed by atoms with Crippen LogP contribution in [0.4, 0.5) is 0 Å². The zero-order chi connectivity index (χ0) is 14.6. The van der Waals surface area contributed by atoms with Gasteiger partial charge in [0.1, 0.15) is 11.8 Å². The number of carbonyl (C=O) groups is 1. The molecule has 1 aromatic rings. The van der Waals surface area contributed by atoms with Crippen molar-refractivity contribution in [2.45, 2.75) is 19.8 Å². The number of nitriles is 1. The van der Waals surface area contributed by atoms with Gasteiger partial charge in [0.25, 0.3) is 5.91 Å². The first-order chi connectivity index (χ1) is 9.52. The van der Waals surface area contributed by atoms with E-state index in [1.807, 2.05) is 6.07 Å². The Morgan fingerprint density at radius 2 is 2.20 bits per heavy atom. The molecule has 2 heterocycles. The molecule has 0 radical (unpaired) electrons. The Labute approximate surface area is 119 Å². The highest BCUT2D eigenvalue weighted by molar-refractivity contribution is 5.92. The molecule has 5 heteroatoms. The Kier molecular flexibility index (Phi) is 4.35. The molecule has 20 heavy (non-hydrogen) atoms. The van der Waals surface area contributed by atoms with Crippen LogP contribution in [0, 0.1) is 16.7 Å². The molecule has 1 aliphatic heterocycles. The van der Waals surface area contributed by atoms with Crippen LogP contribution in [0.15, 0.2) is 18.3 Å². The molecule has 2 rings (SSSR count). The maximum absolute atomic E-state index is 12.0. The Bertz CT molecular complexity index is 510. The number of hydrogen-bond acceptors (Lipinski definition) is 4. The molecule has 1 aliphatic rings. The smallest absolute Gasteiger partial charge is 0.269 e. The second-order valence-corrected chi connectivity index (χ2v) is 5.84. The first kappa shape index (κ1) is 14.5. The van der Waals surface area contributed by atoms with E-state index in [1.54, 1.807) is 12.1 Å². The van der Waals surface area contributed by atoms with Crippen molar-refractivity contribution in [3.8, 4) is 6.07 Å². The molecule has 1 N–H and O–H groups in total. The third-order valence-corrected chi connectivity index (χ3v) is 4.00. The van der Waals surface area contributed by atoms with Gasteiger partial charge in [0.2, 0.25) is 0 Å². The van der Waals surface area contributed by atoms with Crippen LogP contribution >= 0.6 is 0 Å². The number of hydrogen-bond donors (Lipinski definition) is 1. The number of nitrogens with one attached hydrogen (secondary N) is 1. The van der Waals surface area contributed by atoms with Gasteiger partial charge in [-0.05, 0) is 50.5 Å². The number of likely N-dealkylation sites (tertiary alicyclic amines) is 1. The van der Waals surface area contributed by atoms with Crippen LogP contribution in [-0.4, -0.2) is 42.5 Å². The summed E-state index contributed by atoms with van der Waals surface area (Å²) in [7, 11) is 2.12. The predicted molar refractivity (Wildman–Crippen MR) is 76.1 cm³/mol. The lowest BCUT2D eigenvalue weighted by Crippen LogP contribution is -2.43. The number of pyridine rings is 1. The number of carbonyl (C=O) groups excluding carboxylic acids is 1. The van der Waals surface area contributed by atoms with Crippen LogP contribution in [0.1, 0.15) is 35.8 Å². The van der Waals surface area contributed by atoms with Gasteiger partial charge in [-0.2, -0.15) is 5.26 Å². The number of amides is 1. The monoisotopic (exact) mass is 272 g/mol. The topological polar surface area (TPSA) is 69.0 Å². The zero-order valence-corrected chi connectivity index (χ0v) is 12.0. The Hall–Kier alpha value is -1.93. The summed E-state index contributed by atoms with van der Waals surface area (Å²) in [5.74, 6) is -0.172. The summed E-state index contributed by atoms with van der Waals surface area (Å²) in [6.07, 6.45) is 3.60. The minimum absolute atomic E-state index is 0.161. The van der Waals surface area contributed by atoms with Crippen LogP contribution in [0.2, 0.25) is 0 Å². The summed E-state index contributed by atoms with van der Waals surface area (Å²) in [5.41, 5.74) is 0.985. The minimum atomic E-state index is -0.172. The van der Waals surface area contributed by atoms with Crippen molar-refractivity contribution in [3.05, 3.63) is 29.6 Å². The number of rotatable bonds is 3. The average molecular weight is 272 g/mol. The molecule has 0 bridgehead atoms. The first-order valence-corrected chi connectivity index (χ1v) is 6.85. The van der Waals surface area contributed by atoms with E-state index in [4.69, 9.17) is 5.26 Å². The number of nitrogens with zero attached hydrogens (tertiary/aromatic N) is 3. The molecule has 1 amide bonds. The Morgan fingerprint density at radius 3 is 2.75 bits per heavy atom. The van der Waals surface area contributed by atoms with E-state index >= 15 is 0 Å². The zero-order valence-electron chi connectivity index (χ0n) is 12.0. The van der Waals surface area contributed by atoms with Crippen molar-refractivity contribution in [1.29, 1.82) is 5.26 Å². The lowest BCUT2D eigenvalue weighted by Gasteiger charge is -2.37. The molecule has 0 unspecified atom stereocenters. The number of aromatic nitrogens is 1. The molecule has 106 valence electrons. The van der Waals surface area contributed by atoms with E-state index in [0.29, 0.717) is 17.8 Å². The van der Waals surface area contributed by atoms with Crippen molar-refractivity contribution in [3.63, 3.8) is 0 Å². The minimum Gasteiger partial charge on any atom is -0.350 e. The lowest BCUT2D eigenvalue weighted by atomic mass is 9.80. The molecule has 0 aliphatic carbocycles. The van der Waals surface area contributed by atoms with Gasteiger partial charge in [-0.1, -0.05) is 6.92 Å². The summed E-state index contributed by atoms with van der Waals surface area (Å²) in [4.78, 5) is 18.3. The highest BCUT2D eigenvalue weighted by Crippen LogP contribution is 2.29. The Morgan fingerprint density at radius 1 is 1.50 bits per heavy atom. The lowest BCUT2D eigenvalue weighted by molar-refractivity contribution is 0.0887. The predicted octanol–water partition coefficient (Wildman–Crippen LogP) is 1.41. The molecule has 0 spiro atoms. The van der Waals surface area contributed by atoms with E-state index in [0.717, 1.165) is 25.9 Å². The van der Waals surface area contributed by atoms with Crippen LogP contribution < -0.4 is 5.32 Å². The summed E-state index contributed by atoms with van der Waals surface area (Å²) >= 11 is 0. The highest BCUT2D eigenvalue weighted by Gasteiger charge is 2.29. The van der Waals surface area contributed by atoms with E-state index in [1.165, 1.54) is 6.20 Å². The van der Waals surface area contributed by atoms with E-state index in [9.17, 15) is 4.79 Å². The fraction of sp³-hybridized carbons (Fsp3) is 0.533. The highest BCUT2D eigenvalue weighted by atomic mass is 16.1. The molecule has 1 saturated heterocycles. The van der Waals surface area contributed by atoms with Crippen molar-refractivity contribution < 1.29 is 4.79 Å². The van der Waals surface area contributed by atoms with Crippen molar-refractivity contribution in [2.24, 2.45) is 5.41 Å². The van der Waals surface area contributed by atoms with Crippen LogP contribution in [0.25, 0.3) is 0 Å². The van der Waals surface area contributed by atoms with Crippen LogP contribution in [-0.2, 0) is 0 Å². The quantitative estimate of drug-likeness (QED) is 0.903. The second kappa shape index (κ2) is 6.02. The molecular formula is C15H20N4O. The van der Waals surface area contributed by atoms with Crippen molar-refractivity contribution in [1.82, 2.24) is 15.2 Å². The molecule has 1 fully saturated rings. The summed E-state index contributed by atoms with van der Waals surface area (Å²) in [6, 6.07) is 5.19. The maximum Gasteiger partial charge on any atom is 0.269 e. The summed E-state index contributed by atoms with van der Waals surface area (Å²) < 4.78 is 0. The van der Waals surface area contributed by atoms with Crippen molar-refractivity contribution in [2.75, 3.05) is 26.7 Å². The standard InChI is InChI=1S/C15H20N4O/c1-15(5-7-19(2)8-6-15)11-18-14(20)13-4-3-12(9-16)10-17-13/h3-4,10H,5-8,11H2,1-2H3,(H,18,20). The molecular weight excluding hydrogens is 252 g/mol. The molecule has 1 aromatic heterocycles. The van der Waals surface area contributed by atoms with Gasteiger partial charge >= 0.3 is 0 Å². The number of piperidine rings is 1.